The van der Waals surface area contributed by atoms with Crippen LogP contribution >= 0.6 is 0 Å². The average Bonchev–Trinajstić information content (AvgIpc) is 2.80. The molecule has 4 rings (SSSR count). The van der Waals surface area contributed by atoms with Crippen molar-refractivity contribution in [2.75, 3.05) is 18.0 Å². The molecular weight excluding hydrogens is 411 g/mol. The van der Waals surface area contributed by atoms with Gasteiger partial charge in [-0.25, -0.2) is 14.1 Å². The SMILES string of the molecule is Cc1cnc(C(=O)NCC2CCCCN2c2ccc(=O)n(Cc3cccc(F)c3)n2)cn1. The third kappa shape index (κ3) is 5.16. The Balaban J connectivity index is 1.48. The van der Waals surface area contributed by atoms with Gasteiger partial charge in [0.1, 0.15) is 17.3 Å². The third-order valence-corrected chi connectivity index (χ3v) is 5.51. The lowest BCUT2D eigenvalue weighted by molar-refractivity contribution is 0.0944. The molecule has 1 fully saturated rings. The molecule has 8 nitrogen and oxygen atoms in total. The summed E-state index contributed by atoms with van der Waals surface area (Å²) in [5.74, 6) is 0.0407. The van der Waals surface area contributed by atoms with E-state index in [0.717, 1.165) is 31.5 Å². The van der Waals surface area contributed by atoms with Gasteiger partial charge in [0, 0.05) is 31.4 Å². The lowest BCUT2D eigenvalue weighted by Crippen LogP contribution is -2.47. The van der Waals surface area contributed by atoms with Crippen LogP contribution in [0, 0.1) is 12.7 Å². The molecule has 3 heterocycles. The molecule has 1 amide bonds. The summed E-state index contributed by atoms with van der Waals surface area (Å²) >= 11 is 0. The number of halogens is 1. The van der Waals surface area contributed by atoms with Crippen molar-refractivity contribution in [1.29, 1.82) is 0 Å². The zero-order valence-electron chi connectivity index (χ0n) is 17.9. The first-order valence-corrected chi connectivity index (χ1v) is 10.7. The van der Waals surface area contributed by atoms with Crippen molar-refractivity contribution in [2.45, 2.75) is 38.8 Å². The quantitative estimate of drug-likeness (QED) is 0.638. The fraction of sp³-hybridized carbons (Fsp3) is 0.348. The summed E-state index contributed by atoms with van der Waals surface area (Å²) in [4.78, 5) is 35.1. The second kappa shape index (κ2) is 9.67. The molecular formula is C23H25FN6O2. The van der Waals surface area contributed by atoms with Crippen molar-refractivity contribution in [1.82, 2.24) is 25.1 Å². The maximum atomic E-state index is 13.5. The van der Waals surface area contributed by atoms with Gasteiger partial charge >= 0.3 is 0 Å². The summed E-state index contributed by atoms with van der Waals surface area (Å²) in [7, 11) is 0. The van der Waals surface area contributed by atoms with Gasteiger partial charge in [0.15, 0.2) is 0 Å². The maximum Gasteiger partial charge on any atom is 0.271 e. The second-order valence-corrected chi connectivity index (χ2v) is 7.91. The maximum absolute atomic E-state index is 13.5. The number of hydrogen-bond donors (Lipinski definition) is 1. The van der Waals surface area contributed by atoms with Crippen LogP contribution in [0.25, 0.3) is 0 Å². The smallest absolute Gasteiger partial charge is 0.271 e. The van der Waals surface area contributed by atoms with E-state index in [2.05, 4.69) is 25.3 Å². The fourth-order valence-electron chi connectivity index (χ4n) is 3.84. The van der Waals surface area contributed by atoms with Crippen molar-refractivity contribution in [3.63, 3.8) is 0 Å². The molecule has 1 aliphatic heterocycles. The number of nitrogens with zero attached hydrogens (tertiary/aromatic N) is 5. The molecule has 0 saturated carbocycles. The Hall–Kier alpha value is -3.62. The van der Waals surface area contributed by atoms with Crippen molar-refractivity contribution < 1.29 is 9.18 Å². The Morgan fingerprint density at radius 1 is 1.19 bits per heavy atom. The van der Waals surface area contributed by atoms with Crippen LogP contribution in [0.2, 0.25) is 0 Å². The largest absolute Gasteiger partial charge is 0.350 e. The van der Waals surface area contributed by atoms with Crippen LogP contribution in [-0.2, 0) is 6.54 Å². The van der Waals surface area contributed by atoms with Gasteiger partial charge < -0.3 is 10.2 Å². The normalized spacial score (nSPS) is 16.1. The number of benzene rings is 1. The molecule has 9 heteroatoms. The second-order valence-electron chi connectivity index (χ2n) is 7.91. The van der Waals surface area contributed by atoms with Gasteiger partial charge in [0.2, 0.25) is 0 Å². The number of aryl methyl sites for hydroxylation is 1. The Morgan fingerprint density at radius 2 is 2.06 bits per heavy atom. The summed E-state index contributed by atoms with van der Waals surface area (Å²) in [5, 5.41) is 7.48. The van der Waals surface area contributed by atoms with Crippen molar-refractivity contribution in [3.8, 4) is 0 Å². The number of carbonyl (C=O) groups is 1. The molecule has 166 valence electrons. The van der Waals surface area contributed by atoms with E-state index in [1.54, 1.807) is 24.4 Å². The molecule has 1 saturated heterocycles. The van der Waals surface area contributed by atoms with Gasteiger partial charge in [-0.15, -0.1) is 0 Å². The zero-order valence-corrected chi connectivity index (χ0v) is 17.9. The summed E-state index contributed by atoms with van der Waals surface area (Å²) < 4.78 is 14.9. The first-order chi connectivity index (χ1) is 15.5. The Labute approximate surface area is 185 Å². The Bertz CT molecular complexity index is 1150. The molecule has 3 aromatic rings. The molecule has 0 spiro atoms. The van der Waals surface area contributed by atoms with E-state index >= 15 is 0 Å². The molecule has 32 heavy (non-hydrogen) atoms. The van der Waals surface area contributed by atoms with E-state index in [1.165, 1.54) is 29.1 Å². The topological polar surface area (TPSA) is 93.0 Å². The lowest BCUT2D eigenvalue weighted by Gasteiger charge is -2.36. The van der Waals surface area contributed by atoms with Crippen molar-refractivity contribution >= 4 is 11.7 Å². The van der Waals surface area contributed by atoms with Gasteiger partial charge in [0.05, 0.1) is 18.4 Å². The van der Waals surface area contributed by atoms with Gasteiger partial charge in [-0.1, -0.05) is 12.1 Å². The van der Waals surface area contributed by atoms with Crippen LogP contribution in [0.4, 0.5) is 10.2 Å². The van der Waals surface area contributed by atoms with E-state index in [1.807, 2.05) is 6.92 Å². The molecule has 0 bridgehead atoms. The first-order valence-electron chi connectivity index (χ1n) is 10.7. The molecule has 1 N–H and O–H groups in total. The number of carbonyl (C=O) groups excluding carboxylic acids is 1. The number of nitrogens with one attached hydrogen (secondary N) is 1. The van der Waals surface area contributed by atoms with E-state index in [4.69, 9.17) is 0 Å². The van der Waals surface area contributed by atoms with Crippen LogP contribution < -0.4 is 15.8 Å². The summed E-state index contributed by atoms with van der Waals surface area (Å²) in [6.07, 6.45) is 5.97. The minimum Gasteiger partial charge on any atom is -0.350 e. The molecule has 0 aliphatic carbocycles. The molecule has 0 radical (unpaired) electrons. The minimum atomic E-state index is -0.350. The van der Waals surface area contributed by atoms with Gasteiger partial charge in [-0.3, -0.25) is 14.6 Å². The van der Waals surface area contributed by atoms with Crippen LogP contribution in [-0.4, -0.2) is 44.8 Å². The fourth-order valence-corrected chi connectivity index (χ4v) is 3.84. The summed E-state index contributed by atoms with van der Waals surface area (Å²) in [5.41, 5.74) is 1.44. The van der Waals surface area contributed by atoms with Crippen LogP contribution in [0.3, 0.4) is 0 Å². The Kier molecular flexibility index (Phi) is 6.53. The van der Waals surface area contributed by atoms with Crippen LogP contribution in [0.5, 0.6) is 0 Å². The van der Waals surface area contributed by atoms with Crippen molar-refractivity contribution in [2.24, 2.45) is 0 Å². The molecule has 1 unspecified atom stereocenters. The van der Waals surface area contributed by atoms with E-state index < -0.39 is 0 Å². The highest BCUT2D eigenvalue weighted by molar-refractivity contribution is 5.91. The number of piperidine rings is 1. The number of anilines is 1. The predicted octanol–water partition coefficient (Wildman–Crippen LogP) is 2.32. The highest BCUT2D eigenvalue weighted by atomic mass is 19.1. The van der Waals surface area contributed by atoms with Crippen molar-refractivity contribution in [3.05, 3.63) is 81.9 Å². The molecule has 1 aliphatic rings. The molecule has 2 aromatic heterocycles. The zero-order chi connectivity index (χ0) is 22.5. The van der Waals surface area contributed by atoms with Crippen LogP contribution in [0.1, 0.15) is 41.0 Å². The van der Waals surface area contributed by atoms with Gasteiger partial charge in [-0.05, 0) is 49.9 Å². The number of amides is 1. The lowest BCUT2D eigenvalue weighted by atomic mass is 10.0. The number of hydrogen-bond acceptors (Lipinski definition) is 6. The van der Waals surface area contributed by atoms with E-state index in [-0.39, 0.29) is 35.6 Å². The molecule has 1 aromatic carbocycles. The summed E-state index contributed by atoms with van der Waals surface area (Å²) in [6.45, 7) is 3.20. The minimum absolute atomic E-state index is 0.0405. The summed E-state index contributed by atoms with van der Waals surface area (Å²) in [6, 6.07) is 9.36. The standard InChI is InChI=1S/C23H25FN6O2/c1-16-12-26-20(14-25-16)23(32)27-13-19-7-2-3-10-29(19)21-8-9-22(31)30(28-21)15-17-5-4-6-18(24)11-17/h4-6,8-9,11-12,14,19H,2-3,7,10,13,15H2,1H3,(H,27,32). The third-order valence-electron chi connectivity index (χ3n) is 5.51. The monoisotopic (exact) mass is 436 g/mol. The Morgan fingerprint density at radius 3 is 2.84 bits per heavy atom. The van der Waals surface area contributed by atoms with Gasteiger partial charge in [-0.2, -0.15) is 5.10 Å². The highest BCUT2D eigenvalue weighted by Crippen LogP contribution is 2.22. The number of rotatable bonds is 6. The average molecular weight is 436 g/mol. The van der Waals surface area contributed by atoms with E-state index in [0.29, 0.717) is 17.9 Å². The van der Waals surface area contributed by atoms with Crippen LogP contribution in [0.15, 0.2) is 53.6 Å². The molecule has 1 atom stereocenters. The van der Waals surface area contributed by atoms with Gasteiger partial charge in [0.25, 0.3) is 11.5 Å². The first kappa shape index (κ1) is 21.6. The van der Waals surface area contributed by atoms with E-state index in [9.17, 15) is 14.0 Å². The predicted molar refractivity (Wildman–Crippen MR) is 118 cm³/mol. The number of aromatic nitrogens is 4. The highest BCUT2D eigenvalue weighted by Gasteiger charge is 2.25.